The Balaban J connectivity index is 2.87. The highest BCUT2D eigenvalue weighted by Gasteiger charge is 2.37. The molecule has 1 unspecified atom stereocenters. The number of nitrogens with zero attached hydrogens (tertiary/aromatic N) is 1. The molecule has 0 aliphatic carbocycles. The molecule has 0 fully saturated rings. The summed E-state index contributed by atoms with van der Waals surface area (Å²) in [4.78, 5) is 3.08. The molecule has 0 saturated heterocycles. The minimum absolute atomic E-state index is 0.116. The molecule has 74 valence electrons. The summed E-state index contributed by atoms with van der Waals surface area (Å²) in [5.74, 6) is -1.36. The fraction of sp³-hybridized carbons (Fsp3) is 0.500. The highest BCUT2D eigenvalue weighted by atomic mass is 19.4. The second-order valence-corrected chi connectivity index (χ2v) is 2.36. The van der Waals surface area contributed by atoms with E-state index >= 15 is 0 Å². The van der Waals surface area contributed by atoms with E-state index in [-0.39, 0.29) is 5.69 Å². The highest BCUT2D eigenvalue weighted by Crippen LogP contribution is 2.28. The molecule has 3 N–H and O–H groups in total. The number of oxazole rings is 1. The minimum Gasteiger partial charge on any atom is -0.441 e. The van der Waals surface area contributed by atoms with Crippen molar-refractivity contribution in [3.8, 4) is 0 Å². The van der Waals surface area contributed by atoms with Gasteiger partial charge < -0.3 is 15.3 Å². The van der Waals surface area contributed by atoms with E-state index in [0.29, 0.717) is 0 Å². The Kier molecular flexibility index (Phi) is 2.58. The first-order chi connectivity index (χ1) is 5.95. The van der Waals surface area contributed by atoms with Crippen LogP contribution in [0.1, 0.15) is 17.6 Å². The zero-order chi connectivity index (χ0) is 10.1. The van der Waals surface area contributed by atoms with Crippen molar-refractivity contribution in [2.75, 3.05) is 6.61 Å². The molecule has 0 aromatic carbocycles. The molecule has 1 aromatic heterocycles. The van der Waals surface area contributed by atoms with Gasteiger partial charge in [0.25, 0.3) is 0 Å². The summed E-state index contributed by atoms with van der Waals surface area (Å²) in [7, 11) is 0. The van der Waals surface area contributed by atoms with Gasteiger partial charge in [0, 0.05) is 0 Å². The Morgan fingerprint density at radius 1 is 1.62 bits per heavy atom. The van der Waals surface area contributed by atoms with E-state index in [1.165, 1.54) is 0 Å². The van der Waals surface area contributed by atoms with Gasteiger partial charge in [-0.1, -0.05) is 0 Å². The maximum Gasteiger partial charge on any atom is 0.468 e. The minimum atomic E-state index is -4.62. The fourth-order valence-electron chi connectivity index (χ4n) is 0.680. The normalized spacial score (nSPS) is 14.5. The Bertz CT molecular complexity index is 284. The number of hydrogen-bond acceptors (Lipinski definition) is 4. The van der Waals surface area contributed by atoms with Gasteiger partial charge in [-0.05, 0) is 0 Å². The predicted octanol–water partition coefficient (Wildman–Crippen LogP) is 0.685. The number of rotatable bonds is 2. The lowest BCUT2D eigenvalue weighted by atomic mass is 10.3. The second kappa shape index (κ2) is 3.35. The van der Waals surface area contributed by atoms with E-state index in [1.54, 1.807) is 0 Å². The monoisotopic (exact) mass is 196 g/mol. The Morgan fingerprint density at radius 3 is 2.62 bits per heavy atom. The quantitative estimate of drug-likeness (QED) is 0.729. The average Bonchev–Trinajstić information content (AvgIpc) is 2.50. The van der Waals surface area contributed by atoms with Gasteiger partial charge in [-0.2, -0.15) is 13.2 Å². The summed E-state index contributed by atoms with van der Waals surface area (Å²) in [5, 5.41) is 8.51. The van der Waals surface area contributed by atoms with Crippen molar-refractivity contribution in [1.29, 1.82) is 0 Å². The van der Waals surface area contributed by atoms with Gasteiger partial charge in [0.2, 0.25) is 0 Å². The van der Waals surface area contributed by atoms with Crippen molar-refractivity contribution in [1.82, 2.24) is 4.98 Å². The van der Waals surface area contributed by atoms with E-state index in [9.17, 15) is 13.2 Å². The molecule has 0 saturated carbocycles. The first-order valence-corrected chi connectivity index (χ1v) is 3.34. The number of nitrogens with two attached hydrogens (primary N) is 1. The highest BCUT2D eigenvalue weighted by molar-refractivity contribution is 5.03. The Hall–Kier alpha value is -1.08. The van der Waals surface area contributed by atoms with Gasteiger partial charge in [-0.3, -0.25) is 0 Å². The van der Waals surface area contributed by atoms with E-state index in [4.69, 9.17) is 10.8 Å². The first kappa shape index (κ1) is 10.0. The first-order valence-electron chi connectivity index (χ1n) is 3.34. The van der Waals surface area contributed by atoms with Crippen LogP contribution in [0, 0.1) is 0 Å². The summed E-state index contributed by atoms with van der Waals surface area (Å²) >= 11 is 0. The third kappa shape index (κ3) is 2.19. The Morgan fingerprint density at radius 2 is 2.23 bits per heavy atom. The van der Waals surface area contributed by atoms with Crippen LogP contribution < -0.4 is 5.73 Å². The lowest BCUT2D eigenvalue weighted by Gasteiger charge is -2.01. The summed E-state index contributed by atoms with van der Waals surface area (Å²) in [6.45, 7) is -0.482. The topological polar surface area (TPSA) is 72.3 Å². The van der Waals surface area contributed by atoms with E-state index in [0.717, 1.165) is 6.26 Å². The van der Waals surface area contributed by atoms with Crippen LogP contribution in [0.25, 0.3) is 0 Å². The van der Waals surface area contributed by atoms with Gasteiger partial charge in [-0.25, -0.2) is 4.98 Å². The smallest absolute Gasteiger partial charge is 0.441 e. The van der Waals surface area contributed by atoms with Crippen molar-refractivity contribution in [2.24, 2.45) is 5.73 Å². The molecule has 7 heteroatoms. The number of alkyl halides is 3. The van der Waals surface area contributed by atoms with E-state index in [1.807, 2.05) is 0 Å². The van der Waals surface area contributed by atoms with Gasteiger partial charge in [0.15, 0.2) is 0 Å². The van der Waals surface area contributed by atoms with E-state index < -0.39 is 24.7 Å². The molecule has 0 aliphatic rings. The van der Waals surface area contributed by atoms with Crippen molar-refractivity contribution >= 4 is 0 Å². The van der Waals surface area contributed by atoms with Gasteiger partial charge in [0.1, 0.15) is 6.26 Å². The van der Waals surface area contributed by atoms with Crippen LogP contribution in [0.5, 0.6) is 0 Å². The molecule has 0 aliphatic heterocycles. The van der Waals surface area contributed by atoms with Crippen LogP contribution in [0.15, 0.2) is 10.7 Å². The summed E-state index contributed by atoms with van der Waals surface area (Å²) < 4.78 is 39.9. The van der Waals surface area contributed by atoms with Gasteiger partial charge in [-0.15, -0.1) is 0 Å². The van der Waals surface area contributed by atoms with Crippen molar-refractivity contribution in [3.63, 3.8) is 0 Å². The summed E-state index contributed by atoms with van der Waals surface area (Å²) in [6.07, 6.45) is -3.84. The van der Waals surface area contributed by atoms with Crippen LogP contribution >= 0.6 is 0 Å². The third-order valence-electron chi connectivity index (χ3n) is 1.34. The zero-order valence-corrected chi connectivity index (χ0v) is 6.38. The SMILES string of the molecule is NC(CO)c1coc(C(F)(F)F)n1. The standard InChI is InChI=1S/C6H7F3N2O2/c7-6(8,9)5-11-4(2-13-5)3(10)1-12/h2-3,12H,1,10H2. The molecule has 1 aromatic rings. The molecular formula is C6H7F3N2O2. The lowest BCUT2D eigenvalue weighted by Crippen LogP contribution is -2.15. The van der Waals surface area contributed by atoms with Crippen LogP contribution in [0.3, 0.4) is 0 Å². The zero-order valence-electron chi connectivity index (χ0n) is 6.38. The summed E-state index contributed by atoms with van der Waals surface area (Å²) in [5.41, 5.74) is 5.10. The van der Waals surface area contributed by atoms with E-state index in [2.05, 4.69) is 9.40 Å². The molecule has 0 amide bonds. The second-order valence-electron chi connectivity index (χ2n) is 2.36. The van der Waals surface area contributed by atoms with Crippen LogP contribution in [0.2, 0.25) is 0 Å². The van der Waals surface area contributed by atoms with Gasteiger partial charge in [0.05, 0.1) is 18.3 Å². The number of hydrogen-bond donors (Lipinski definition) is 2. The molecule has 1 rings (SSSR count). The number of aromatic nitrogens is 1. The molecule has 0 spiro atoms. The maximum absolute atomic E-state index is 11.9. The molecule has 13 heavy (non-hydrogen) atoms. The lowest BCUT2D eigenvalue weighted by molar-refractivity contribution is -0.157. The number of halogens is 3. The van der Waals surface area contributed by atoms with Gasteiger partial charge >= 0.3 is 12.1 Å². The molecular weight excluding hydrogens is 189 g/mol. The molecule has 0 bridgehead atoms. The van der Waals surface area contributed by atoms with Crippen molar-refractivity contribution < 1.29 is 22.7 Å². The van der Waals surface area contributed by atoms with Crippen LogP contribution in [-0.4, -0.2) is 16.7 Å². The number of aliphatic hydroxyl groups is 1. The third-order valence-corrected chi connectivity index (χ3v) is 1.34. The number of aliphatic hydroxyl groups excluding tert-OH is 1. The molecule has 0 radical (unpaired) electrons. The van der Waals surface area contributed by atoms with Crippen molar-refractivity contribution in [3.05, 3.63) is 17.8 Å². The van der Waals surface area contributed by atoms with Crippen LogP contribution in [0.4, 0.5) is 13.2 Å². The molecule has 4 nitrogen and oxygen atoms in total. The molecule has 1 heterocycles. The molecule has 1 atom stereocenters. The fourth-order valence-corrected chi connectivity index (χ4v) is 0.680. The maximum atomic E-state index is 11.9. The largest absolute Gasteiger partial charge is 0.468 e. The van der Waals surface area contributed by atoms with Crippen molar-refractivity contribution in [2.45, 2.75) is 12.2 Å². The predicted molar refractivity (Wildman–Crippen MR) is 35.5 cm³/mol. The average molecular weight is 196 g/mol. The summed E-state index contributed by atoms with van der Waals surface area (Å²) in [6, 6.07) is -0.945. The Labute approximate surface area is 71.2 Å². The van der Waals surface area contributed by atoms with Crippen LogP contribution in [-0.2, 0) is 6.18 Å².